The van der Waals surface area contributed by atoms with E-state index in [0.717, 1.165) is 20.7 Å². The van der Waals surface area contributed by atoms with E-state index in [1.165, 1.54) is 30.2 Å². The molecule has 0 radical (unpaired) electrons. The van der Waals surface area contributed by atoms with Crippen molar-refractivity contribution in [2.75, 3.05) is 20.0 Å². The molecule has 0 aliphatic heterocycles. The van der Waals surface area contributed by atoms with Crippen LogP contribution in [0.2, 0.25) is 0 Å². The zero-order chi connectivity index (χ0) is 14.4. The number of carbonyl (C=O) groups is 1. The number of thioether (sulfide) groups is 1. The van der Waals surface area contributed by atoms with Crippen molar-refractivity contribution in [2.45, 2.75) is 10.8 Å². The van der Waals surface area contributed by atoms with Crippen molar-refractivity contribution in [3.63, 3.8) is 0 Å². The number of ether oxygens (including phenoxy) is 2. The Balaban J connectivity index is 1.95. The molecule has 0 aliphatic rings. The molecule has 106 valence electrons. The minimum atomic E-state index is -0.211. The fourth-order valence-corrected chi connectivity index (χ4v) is 3.29. The van der Waals surface area contributed by atoms with Crippen LogP contribution in [0, 0.1) is 0 Å². The van der Waals surface area contributed by atoms with Gasteiger partial charge in [-0.2, -0.15) is 0 Å². The maximum Gasteiger partial charge on any atom is 0.306 e. The van der Waals surface area contributed by atoms with Gasteiger partial charge < -0.3 is 9.47 Å². The molecule has 1 aromatic carbocycles. The third-order valence-corrected chi connectivity index (χ3v) is 4.61. The Morgan fingerprint density at radius 3 is 2.65 bits per heavy atom. The second-order valence-corrected chi connectivity index (χ2v) is 6.10. The van der Waals surface area contributed by atoms with E-state index in [0.29, 0.717) is 12.2 Å². The summed E-state index contributed by atoms with van der Waals surface area (Å²) in [7, 11) is 3.02. The molecule has 2 rings (SSSR count). The maximum absolute atomic E-state index is 11.0. The minimum absolute atomic E-state index is 0.211. The van der Waals surface area contributed by atoms with Gasteiger partial charge in [0.05, 0.1) is 20.6 Å². The number of methoxy groups -OCH3 is 2. The van der Waals surface area contributed by atoms with Crippen molar-refractivity contribution in [2.24, 2.45) is 0 Å². The molecule has 0 bridgehead atoms. The molecule has 0 saturated heterocycles. The molecule has 0 atom stereocenters. The molecule has 5 nitrogen and oxygen atoms in total. The lowest BCUT2D eigenvalue weighted by atomic mass is 10.2. The van der Waals surface area contributed by atoms with Crippen LogP contribution in [0.4, 0.5) is 0 Å². The predicted molar refractivity (Wildman–Crippen MR) is 79.3 cm³/mol. The predicted octanol–water partition coefficient (Wildman–Crippen LogP) is 2.87. The molecular formula is C13H14N2O3S2. The van der Waals surface area contributed by atoms with Gasteiger partial charge in [0, 0.05) is 11.3 Å². The van der Waals surface area contributed by atoms with Gasteiger partial charge in [-0.1, -0.05) is 23.1 Å². The summed E-state index contributed by atoms with van der Waals surface area (Å²) in [6.45, 7) is 0. The van der Waals surface area contributed by atoms with Crippen LogP contribution in [-0.2, 0) is 9.53 Å². The molecular weight excluding hydrogens is 296 g/mol. The zero-order valence-corrected chi connectivity index (χ0v) is 12.8. The summed E-state index contributed by atoms with van der Waals surface area (Å²) >= 11 is 3.01. The number of benzene rings is 1. The van der Waals surface area contributed by atoms with Gasteiger partial charge in [0.15, 0.2) is 4.34 Å². The van der Waals surface area contributed by atoms with Gasteiger partial charge in [-0.15, -0.1) is 10.2 Å². The van der Waals surface area contributed by atoms with E-state index < -0.39 is 0 Å². The van der Waals surface area contributed by atoms with Crippen LogP contribution in [0.1, 0.15) is 6.42 Å². The van der Waals surface area contributed by atoms with Gasteiger partial charge >= 0.3 is 5.97 Å². The Labute approximate surface area is 125 Å². The second kappa shape index (κ2) is 7.25. The van der Waals surface area contributed by atoms with E-state index in [2.05, 4.69) is 14.9 Å². The van der Waals surface area contributed by atoms with Crippen molar-refractivity contribution in [1.29, 1.82) is 0 Å². The summed E-state index contributed by atoms with van der Waals surface area (Å²) in [6.07, 6.45) is 0.374. The van der Waals surface area contributed by atoms with Gasteiger partial charge in [0.25, 0.3) is 0 Å². The van der Waals surface area contributed by atoms with Gasteiger partial charge in [0.2, 0.25) is 0 Å². The molecule has 2 aromatic rings. The third-order valence-electron chi connectivity index (χ3n) is 2.50. The highest BCUT2D eigenvalue weighted by molar-refractivity contribution is 8.01. The molecule has 1 aromatic heterocycles. The first kappa shape index (κ1) is 14.8. The highest BCUT2D eigenvalue weighted by Gasteiger charge is 2.08. The summed E-state index contributed by atoms with van der Waals surface area (Å²) in [5.41, 5.74) is 1.00. The smallest absolute Gasteiger partial charge is 0.306 e. The van der Waals surface area contributed by atoms with E-state index in [4.69, 9.17) is 4.74 Å². The zero-order valence-electron chi connectivity index (χ0n) is 11.2. The molecule has 0 amide bonds. The van der Waals surface area contributed by atoms with Crippen LogP contribution < -0.4 is 4.74 Å². The standard InChI is InChI=1S/C13H14N2O3S2/c1-17-10-5-3-9(4-6-10)12-14-15-13(20-12)19-8-7-11(16)18-2/h3-6H,7-8H2,1-2H3. The molecule has 1 heterocycles. The quantitative estimate of drug-likeness (QED) is 0.604. The summed E-state index contributed by atoms with van der Waals surface area (Å²) in [5, 5.41) is 9.11. The van der Waals surface area contributed by atoms with Gasteiger partial charge in [0.1, 0.15) is 10.8 Å². The first-order chi connectivity index (χ1) is 9.72. The first-order valence-electron chi connectivity index (χ1n) is 5.90. The van der Waals surface area contributed by atoms with Gasteiger partial charge in [-0.05, 0) is 24.3 Å². The highest BCUT2D eigenvalue weighted by atomic mass is 32.2. The number of carbonyl (C=O) groups excluding carboxylic acids is 1. The maximum atomic E-state index is 11.0. The molecule has 0 saturated carbocycles. The third kappa shape index (κ3) is 3.94. The fraction of sp³-hybridized carbons (Fsp3) is 0.308. The average Bonchev–Trinajstić information content (AvgIpc) is 2.96. The molecule has 0 fully saturated rings. The average molecular weight is 310 g/mol. The summed E-state index contributed by atoms with van der Waals surface area (Å²) in [5.74, 6) is 1.24. The van der Waals surface area contributed by atoms with Crippen molar-refractivity contribution in [3.8, 4) is 16.3 Å². The Bertz CT molecular complexity index is 569. The van der Waals surface area contributed by atoms with Crippen LogP contribution in [0.25, 0.3) is 10.6 Å². The summed E-state index contributed by atoms with van der Waals surface area (Å²) in [6, 6.07) is 7.67. The van der Waals surface area contributed by atoms with Gasteiger partial charge in [-0.25, -0.2) is 0 Å². The molecule has 0 N–H and O–H groups in total. The Morgan fingerprint density at radius 1 is 1.25 bits per heavy atom. The highest BCUT2D eigenvalue weighted by Crippen LogP contribution is 2.30. The van der Waals surface area contributed by atoms with Crippen molar-refractivity contribution >= 4 is 29.1 Å². The molecule has 0 aliphatic carbocycles. The topological polar surface area (TPSA) is 61.3 Å². The normalized spacial score (nSPS) is 10.3. The van der Waals surface area contributed by atoms with Crippen LogP contribution in [0.5, 0.6) is 5.75 Å². The van der Waals surface area contributed by atoms with E-state index in [-0.39, 0.29) is 5.97 Å². The van der Waals surface area contributed by atoms with E-state index in [9.17, 15) is 4.79 Å². The van der Waals surface area contributed by atoms with E-state index in [1.807, 2.05) is 24.3 Å². The van der Waals surface area contributed by atoms with E-state index in [1.54, 1.807) is 7.11 Å². The lowest BCUT2D eigenvalue weighted by Crippen LogP contribution is -2.00. The number of esters is 1. The first-order valence-corrected chi connectivity index (χ1v) is 7.70. The van der Waals surface area contributed by atoms with Gasteiger partial charge in [-0.3, -0.25) is 4.79 Å². The fourth-order valence-electron chi connectivity index (χ4n) is 1.44. The van der Waals surface area contributed by atoms with Crippen LogP contribution >= 0.6 is 23.1 Å². The number of hydrogen-bond donors (Lipinski definition) is 0. The van der Waals surface area contributed by atoms with Crippen LogP contribution in [0.15, 0.2) is 28.6 Å². The summed E-state index contributed by atoms with van der Waals surface area (Å²) < 4.78 is 10.6. The van der Waals surface area contributed by atoms with Crippen LogP contribution in [-0.4, -0.2) is 36.1 Å². The van der Waals surface area contributed by atoms with Crippen LogP contribution in [0.3, 0.4) is 0 Å². The lowest BCUT2D eigenvalue weighted by molar-refractivity contribution is -0.140. The monoisotopic (exact) mass is 310 g/mol. The van der Waals surface area contributed by atoms with E-state index >= 15 is 0 Å². The Hall–Kier alpha value is -1.60. The largest absolute Gasteiger partial charge is 0.497 e. The number of nitrogens with zero attached hydrogens (tertiary/aromatic N) is 2. The second-order valence-electron chi connectivity index (χ2n) is 3.78. The van der Waals surface area contributed by atoms with Crippen molar-refractivity contribution in [1.82, 2.24) is 10.2 Å². The SMILES string of the molecule is COC(=O)CCSc1nnc(-c2ccc(OC)cc2)s1. The molecule has 0 spiro atoms. The van der Waals surface area contributed by atoms with Crippen molar-refractivity contribution in [3.05, 3.63) is 24.3 Å². The Morgan fingerprint density at radius 2 is 2.00 bits per heavy atom. The Kier molecular flexibility index (Phi) is 5.37. The number of aromatic nitrogens is 2. The molecule has 20 heavy (non-hydrogen) atoms. The number of hydrogen-bond acceptors (Lipinski definition) is 7. The molecule has 7 heteroatoms. The molecule has 0 unspecified atom stereocenters. The lowest BCUT2D eigenvalue weighted by Gasteiger charge is -1.99. The number of rotatable bonds is 6. The summed E-state index contributed by atoms with van der Waals surface area (Å²) in [4.78, 5) is 11.0. The minimum Gasteiger partial charge on any atom is -0.497 e. The van der Waals surface area contributed by atoms with Crippen molar-refractivity contribution < 1.29 is 14.3 Å².